The molecule has 0 fully saturated rings. The Morgan fingerprint density at radius 3 is 2.42 bits per heavy atom. The van der Waals surface area contributed by atoms with Gasteiger partial charge in [-0.15, -0.1) is 0 Å². The lowest BCUT2D eigenvalue weighted by molar-refractivity contribution is -0.141. The first-order chi connectivity index (χ1) is 8.83. The van der Waals surface area contributed by atoms with Gasteiger partial charge < -0.3 is 9.16 Å². The number of carbonyl (C=O) groups is 2. The van der Waals surface area contributed by atoms with Crippen LogP contribution < -0.4 is 0 Å². The summed E-state index contributed by atoms with van der Waals surface area (Å²) in [5.74, 6) is -1.25. The van der Waals surface area contributed by atoms with Crippen LogP contribution in [-0.2, 0) is 18.8 Å². The molecule has 0 saturated carbocycles. The Morgan fingerprint density at radius 1 is 1.26 bits per heavy atom. The molecular weight excluding hydrogens is 260 g/mol. The predicted molar refractivity (Wildman–Crippen MR) is 76.0 cm³/mol. The fraction of sp³-hybridized carbons (Fsp3) is 0.429. The number of esters is 1. The van der Waals surface area contributed by atoms with Crippen LogP contribution in [0.25, 0.3) is 0 Å². The molecule has 0 atom stereocenters. The van der Waals surface area contributed by atoms with Crippen LogP contribution in [0, 0.1) is 0 Å². The molecule has 0 spiro atoms. The van der Waals surface area contributed by atoms with Gasteiger partial charge in [-0.25, -0.2) is 9.59 Å². The van der Waals surface area contributed by atoms with Crippen molar-refractivity contribution in [2.75, 3.05) is 7.11 Å². The Bertz CT molecular complexity index is 453. The molecule has 5 heteroatoms. The van der Waals surface area contributed by atoms with Crippen molar-refractivity contribution in [1.82, 2.24) is 0 Å². The largest absolute Gasteiger partial charge is 0.516 e. The van der Waals surface area contributed by atoms with Crippen molar-refractivity contribution < 1.29 is 18.8 Å². The summed E-state index contributed by atoms with van der Waals surface area (Å²) in [7, 11) is -0.782. The zero-order chi connectivity index (χ0) is 14.5. The monoisotopic (exact) mass is 280 g/mol. The van der Waals surface area contributed by atoms with E-state index in [9.17, 15) is 9.59 Å². The van der Waals surface area contributed by atoms with E-state index in [2.05, 4.69) is 4.74 Å². The van der Waals surface area contributed by atoms with E-state index < -0.39 is 20.3 Å². The SMILES string of the molecule is COC(=O)/C(=C\C1=CC=CCC1)C(=O)O[Si](C)(C)C. The minimum atomic E-state index is -2.04. The highest BCUT2D eigenvalue weighted by atomic mass is 28.4. The van der Waals surface area contributed by atoms with Crippen molar-refractivity contribution in [1.29, 1.82) is 0 Å². The van der Waals surface area contributed by atoms with Crippen LogP contribution in [0.4, 0.5) is 0 Å². The van der Waals surface area contributed by atoms with Gasteiger partial charge in [0.15, 0.2) is 0 Å². The third-order valence-corrected chi connectivity index (χ3v) is 3.20. The van der Waals surface area contributed by atoms with Gasteiger partial charge in [0.05, 0.1) is 7.11 Å². The van der Waals surface area contributed by atoms with E-state index in [0.717, 1.165) is 18.4 Å². The van der Waals surface area contributed by atoms with Crippen LogP contribution in [0.5, 0.6) is 0 Å². The molecule has 4 nitrogen and oxygen atoms in total. The Hall–Kier alpha value is -1.62. The van der Waals surface area contributed by atoms with Crippen LogP contribution in [0.3, 0.4) is 0 Å². The van der Waals surface area contributed by atoms with Crippen molar-refractivity contribution in [3.8, 4) is 0 Å². The number of carbonyl (C=O) groups excluding carboxylic acids is 2. The van der Waals surface area contributed by atoms with Gasteiger partial charge in [-0.2, -0.15) is 0 Å². The van der Waals surface area contributed by atoms with Gasteiger partial charge in [0, 0.05) is 0 Å². The highest BCUT2D eigenvalue weighted by molar-refractivity contribution is 6.71. The summed E-state index contributed by atoms with van der Waals surface area (Å²) in [6, 6.07) is 0. The lowest BCUT2D eigenvalue weighted by Crippen LogP contribution is -2.31. The first-order valence-electron chi connectivity index (χ1n) is 6.22. The van der Waals surface area contributed by atoms with E-state index >= 15 is 0 Å². The van der Waals surface area contributed by atoms with Crippen molar-refractivity contribution >= 4 is 20.3 Å². The average Bonchev–Trinajstić information content (AvgIpc) is 2.34. The molecule has 0 aromatic heterocycles. The second-order valence-electron chi connectivity index (χ2n) is 5.26. The molecule has 0 saturated heterocycles. The molecule has 0 aromatic carbocycles. The zero-order valence-electron chi connectivity index (χ0n) is 11.9. The van der Waals surface area contributed by atoms with E-state index in [1.54, 1.807) is 6.08 Å². The molecule has 1 aliphatic carbocycles. The third-order valence-electron chi connectivity index (χ3n) is 2.40. The van der Waals surface area contributed by atoms with Gasteiger partial charge >= 0.3 is 11.9 Å². The van der Waals surface area contributed by atoms with Crippen LogP contribution in [-0.4, -0.2) is 27.4 Å². The van der Waals surface area contributed by atoms with Gasteiger partial charge in [0.1, 0.15) is 5.57 Å². The molecule has 0 aromatic rings. The third kappa shape index (κ3) is 5.26. The minimum absolute atomic E-state index is 0.0357. The Kier molecular flexibility index (Phi) is 5.29. The molecule has 104 valence electrons. The lowest BCUT2D eigenvalue weighted by atomic mass is 10.0. The molecule has 0 amide bonds. The maximum Gasteiger partial charge on any atom is 0.345 e. The summed E-state index contributed by atoms with van der Waals surface area (Å²) >= 11 is 0. The maximum absolute atomic E-state index is 12.0. The first-order valence-corrected chi connectivity index (χ1v) is 9.63. The topological polar surface area (TPSA) is 52.6 Å². The molecule has 0 bridgehead atoms. The number of allylic oxidation sites excluding steroid dienone is 5. The van der Waals surface area contributed by atoms with Crippen molar-refractivity contribution in [3.63, 3.8) is 0 Å². The molecular formula is C14H20O4Si. The van der Waals surface area contributed by atoms with Gasteiger partial charge in [-0.1, -0.05) is 18.2 Å². The summed E-state index contributed by atoms with van der Waals surface area (Å²) in [5.41, 5.74) is 0.891. The Labute approximate surface area is 114 Å². The van der Waals surface area contributed by atoms with Crippen molar-refractivity contribution in [2.24, 2.45) is 0 Å². The second-order valence-corrected chi connectivity index (χ2v) is 9.69. The van der Waals surface area contributed by atoms with Crippen LogP contribution in [0.2, 0.25) is 19.6 Å². The van der Waals surface area contributed by atoms with E-state index in [0.29, 0.717) is 0 Å². The summed E-state index contributed by atoms with van der Waals surface area (Å²) in [5, 5.41) is 0. The van der Waals surface area contributed by atoms with Gasteiger partial charge in [-0.3, -0.25) is 0 Å². The number of ether oxygens (including phenoxy) is 1. The van der Waals surface area contributed by atoms with E-state index in [-0.39, 0.29) is 5.57 Å². The standard InChI is InChI=1S/C14H20O4Si/c1-17-13(15)12(14(16)18-19(2,3)4)10-11-8-6-5-7-9-11/h5-6,8,10H,7,9H2,1-4H3/b12-10+. The van der Waals surface area contributed by atoms with E-state index in [1.807, 2.05) is 37.9 Å². The van der Waals surface area contributed by atoms with Gasteiger partial charge in [-0.05, 0) is 44.1 Å². The minimum Gasteiger partial charge on any atom is -0.516 e. The van der Waals surface area contributed by atoms with E-state index in [1.165, 1.54) is 7.11 Å². The second kappa shape index (κ2) is 6.52. The summed E-state index contributed by atoms with van der Waals surface area (Å²) in [6.07, 6.45) is 9.10. The lowest BCUT2D eigenvalue weighted by Gasteiger charge is -2.18. The molecule has 0 unspecified atom stereocenters. The molecule has 19 heavy (non-hydrogen) atoms. The summed E-state index contributed by atoms with van der Waals surface area (Å²) in [6.45, 7) is 5.67. The molecule has 0 heterocycles. The van der Waals surface area contributed by atoms with Crippen molar-refractivity contribution in [2.45, 2.75) is 32.5 Å². The first kappa shape index (κ1) is 15.4. The summed E-state index contributed by atoms with van der Waals surface area (Å²) < 4.78 is 10.0. The normalized spacial score (nSPS) is 15.8. The molecule has 1 aliphatic rings. The number of rotatable bonds is 4. The van der Waals surface area contributed by atoms with Gasteiger partial charge in [0.2, 0.25) is 8.32 Å². The molecule has 0 radical (unpaired) electrons. The Morgan fingerprint density at radius 2 is 1.95 bits per heavy atom. The molecule has 0 aliphatic heterocycles. The fourth-order valence-corrected chi connectivity index (χ4v) is 2.24. The zero-order valence-corrected chi connectivity index (χ0v) is 12.9. The quantitative estimate of drug-likeness (QED) is 0.261. The van der Waals surface area contributed by atoms with Crippen molar-refractivity contribution in [3.05, 3.63) is 35.5 Å². The maximum atomic E-state index is 12.0. The molecule has 0 N–H and O–H groups in total. The highest BCUT2D eigenvalue weighted by Crippen LogP contribution is 2.17. The number of hydrogen-bond donors (Lipinski definition) is 0. The average molecular weight is 280 g/mol. The van der Waals surface area contributed by atoms with Crippen LogP contribution >= 0.6 is 0 Å². The predicted octanol–water partition coefficient (Wildman–Crippen LogP) is 2.74. The number of hydrogen-bond acceptors (Lipinski definition) is 4. The Balaban J connectivity index is 2.98. The highest BCUT2D eigenvalue weighted by Gasteiger charge is 2.27. The van der Waals surface area contributed by atoms with E-state index in [4.69, 9.17) is 4.43 Å². The molecule has 1 rings (SSSR count). The van der Waals surface area contributed by atoms with Crippen LogP contribution in [0.15, 0.2) is 35.5 Å². The van der Waals surface area contributed by atoms with Gasteiger partial charge in [0.25, 0.3) is 0 Å². The summed E-state index contributed by atoms with van der Waals surface area (Å²) in [4.78, 5) is 23.7. The fourth-order valence-electron chi connectivity index (χ4n) is 1.57. The van der Waals surface area contributed by atoms with Crippen LogP contribution in [0.1, 0.15) is 12.8 Å². The number of methoxy groups -OCH3 is 1. The smallest absolute Gasteiger partial charge is 0.345 e.